The number of nitrogens with zero attached hydrogens (tertiary/aromatic N) is 1. The minimum absolute atomic E-state index is 0.0514. The van der Waals surface area contributed by atoms with Crippen LogP contribution in [-0.4, -0.2) is 53.6 Å². The predicted molar refractivity (Wildman–Crippen MR) is 144 cm³/mol. The van der Waals surface area contributed by atoms with Gasteiger partial charge in [0, 0.05) is 16.7 Å². The molecule has 5 N–H and O–H groups in total. The van der Waals surface area contributed by atoms with Crippen molar-refractivity contribution >= 4 is 17.5 Å². The maximum atomic E-state index is 14.4. The van der Waals surface area contributed by atoms with Crippen LogP contribution in [0.2, 0.25) is 5.02 Å². The van der Waals surface area contributed by atoms with E-state index in [2.05, 4.69) is 10.3 Å². The van der Waals surface area contributed by atoms with Crippen LogP contribution in [0.3, 0.4) is 0 Å². The molecular weight excluding hydrogens is 570 g/mol. The molecule has 1 amide bonds. The van der Waals surface area contributed by atoms with Gasteiger partial charge in [-0.05, 0) is 74.9 Å². The fourth-order valence-electron chi connectivity index (χ4n) is 3.70. The molecule has 0 bridgehead atoms. The summed E-state index contributed by atoms with van der Waals surface area (Å²) >= 11 is 5.87. The molecule has 2 atom stereocenters. The summed E-state index contributed by atoms with van der Waals surface area (Å²) in [6.45, 7) is 3.24. The average Bonchev–Trinajstić information content (AvgIpc) is 2.90. The molecular formula is C28H30ClF4N3O5. The van der Waals surface area contributed by atoms with Gasteiger partial charge in [0.15, 0.2) is 11.5 Å². The minimum Gasteiger partial charge on any atom is -0.493 e. The van der Waals surface area contributed by atoms with Crippen LogP contribution in [0.1, 0.15) is 42.4 Å². The number of nitrogens with two attached hydrogens (primary N) is 1. The van der Waals surface area contributed by atoms with Gasteiger partial charge in [-0.1, -0.05) is 11.6 Å². The van der Waals surface area contributed by atoms with Crippen molar-refractivity contribution in [3.05, 3.63) is 76.2 Å². The molecule has 3 rings (SSSR count). The lowest BCUT2D eigenvalue weighted by molar-refractivity contribution is -0.265. The number of ether oxygens (including phenoxy) is 2. The number of amides is 1. The smallest absolute Gasteiger partial charge is 0.424 e. The van der Waals surface area contributed by atoms with Crippen molar-refractivity contribution in [2.75, 3.05) is 20.3 Å². The maximum absolute atomic E-state index is 14.4. The summed E-state index contributed by atoms with van der Waals surface area (Å²) in [5.41, 5.74) is 0.758. The van der Waals surface area contributed by atoms with Crippen LogP contribution in [0.25, 0.3) is 11.3 Å². The number of carbonyl (C=O) groups excluding carboxylic acids is 1. The number of alkyl halides is 3. The van der Waals surface area contributed by atoms with E-state index in [0.29, 0.717) is 0 Å². The van der Waals surface area contributed by atoms with E-state index < -0.39 is 47.4 Å². The third kappa shape index (κ3) is 7.45. The summed E-state index contributed by atoms with van der Waals surface area (Å²) in [6, 6.07) is 9.80. The first kappa shape index (κ1) is 32.1. The second-order valence-electron chi connectivity index (χ2n) is 10.0. The summed E-state index contributed by atoms with van der Waals surface area (Å²) in [6.07, 6.45) is -6.07. The predicted octanol–water partition coefficient (Wildman–Crippen LogP) is 4.68. The van der Waals surface area contributed by atoms with Crippen molar-refractivity contribution < 1.29 is 42.0 Å². The van der Waals surface area contributed by atoms with E-state index in [1.165, 1.54) is 50.4 Å². The van der Waals surface area contributed by atoms with Gasteiger partial charge in [0.05, 0.1) is 36.2 Å². The fraction of sp³-hybridized carbons (Fsp3) is 0.357. The molecule has 0 unspecified atom stereocenters. The normalized spacial score (nSPS) is 14.2. The van der Waals surface area contributed by atoms with Gasteiger partial charge in [0.2, 0.25) is 5.60 Å². The number of aliphatic hydroxyl groups is 2. The lowest BCUT2D eigenvalue weighted by atomic mass is 9.89. The standard InChI is InChI=1S/C28H30ClF4N3O5/c1-15(37)13-41-22-8-6-17(10-23(22)40-4)25(38)35-14-27(39,28(31,32)33)24-12-18(26(2,3)34)11-21(36-24)16-5-7-20(30)19(29)9-16/h5-12,15,37,39H,13-14,34H2,1-4H3,(H,35,38)/t15-,27-/m1/s1. The summed E-state index contributed by atoms with van der Waals surface area (Å²) < 4.78 is 67.6. The number of carbonyl (C=O) groups is 1. The van der Waals surface area contributed by atoms with Crippen LogP contribution in [-0.2, 0) is 11.1 Å². The Morgan fingerprint density at radius 1 is 1.12 bits per heavy atom. The van der Waals surface area contributed by atoms with E-state index in [1.807, 2.05) is 0 Å². The zero-order valence-corrected chi connectivity index (χ0v) is 23.4. The fourth-order valence-corrected chi connectivity index (χ4v) is 3.88. The molecule has 222 valence electrons. The first-order valence-electron chi connectivity index (χ1n) is 12.3. The lowest BCUT2D eigenvalue weighted by Gasteiger charge is -2.32. The number of pyridine rings is 1. The number of methoxy groups -OCH3 is 1. The molecule has 13 heteroatoms. The summed E-state index contributed by atoms with van der Waals surface area (Å²) in [7, 11) is 1.30. The third-order valence-corrected chi connectivity index (χ3v) is 6.38. The number of halogens is 5. The van der Waals surface area contributed by atoms with Gasteiger partial charge < -0.3 is 30.7 Å². The minimum atomic E-state index is -5.29. The Morgan fingerprint density at radius 3 is 2.37 bits per heavy atom. The molecule has 1 heterocycles. The van der Waals surface area contributed by atoms with Gasteiger partial charge in [-0.3, -0.25) is 4.79 Å². The molecule has 3 aromatic rings. The number of hydrogen-bond donors (Lipinski definition) is 4. The van der Waals surface area contributed by atoms with Gasteiger partial charge >= 0.3 is 6.18 Å². The van der Waals surface area contributed by atoms with Crippen molar-refractivity contribution in [1.82, 2.24) is 10.3 Å². The molecule has 1 aromatic heterocycles. The van der Waals surface area contributed by atoms with Crippen LogP contribution >= 0.6 is 11.6 Å². The van der Waals surface area contributed by atoms with Crippen LogP contribution in [0.15, 0.2) is 48.5 Å². The third-order valence-electron chi connectivity index (χ3n) is 6.09. The summed E-state index contributed by atoms with van der Waals surface area (Å²) in [4.78, 5) is 16.9. The van der Waals surface area contributed by atoms with Crippen molar-refractivity contribution in [2.24, 2.45) is 5.73 Å². The van der Waals surface area contributed by atoms with Crippen molar-refractivity contribution in [1.29, 1.82) is 0 Å². The Morgan fingerprint density at radius 2 is 1.80 bits per heavy atom. The first-order valence-corrected chi connectivity index (χ1v) is 12.7. The van der Waals surface area contributed by atoms with Crippen LogP contribution in [0.4, 0.5) is 17.6 Å². The quantitative estimate of drug-likeness (QED) is 0.249. The van der Waals surface area contributed by atoms with Crippen molar-refractivity contribution in [3.8, 4) is 22.8 Å². The summed E-state index contributed by atoms with van der Waals surface area (Å²) in [5.74, 6) is -1.38. The molecule has 0 aliphatic carbocycles. The Balaban J connectivity index is 2.00. The maximum Gasteiger partial charge on any atom is 0.424 e. The van der Waals surface area contributed by atoms with Gasteiger partial charge in [0.1, 0.15) is 12.4 Å². The Labute approximate surface area is 239 Å². The zero-order chi connectivity index (χ0) is 30.8. The van der Waals surface area contributed by atoms with E-state index >= 15 is 0 Å². The second-order valence-corrected chi connectivity index (χ2v) is 10.5. The SMILES string of the molecule is COc1cc(C(=O)NC[C@@](O)(c2cc(C(C)(C)N)cc(-c3ccc(F)c(Cl)c3)n2)C(F)(F)F)ccc1OC[C@@H](C)O. The zero-order valence-electron chi connectivity index (χ0n) is 22.6. The monoisotopic (exact) mass is 599 g/mol. The number of benzene rings is 2. The topological polar surface area (TPSA) is 127 Å². The highest BCUT2D eigenvalue weighted by molar-refractivity contribution is 6.31. The van der Waals surface area contributed by atoms with Gasteiger partial charge in [-0.2, -0.15) is 13.2 Å². The number of hydrogen-bond acceptors (Lipinski definition) is 7. The summed E-state index contributed by atoms with van der Waals surface area (Å²) in [5, 5.41) is 22.3. The Bertz CT molecular complexity index is 1410. The molecule has 0 spiro atoms. The molecule has 0 fully saturated rings. The van der Waals surface area contributed by atoms with Crippen LogP contribution in [0, 0.1) is 5.82 Å². The lowest BCUT2D eigenvalue weighted by Crippen LogP contribution is -2.51. The number of aromatic nitrogens is 1. The molecule has 0 saturated carbocycles. The number of aliphatic hydroxyl groups excluding tert-OH is 1. The first-order chi connectivity index (χ1) is 19.0. The Hall–Kier alpha value is -3.45. The molecule has 8 nitrogen and oxygen atoms in total. The van der Waals surface area contributed by atoms with Crippen molar-refractivity contribution in [2.45, 2.75) is 44.2 Å². The van der Waals surface area contributed by atoms with Gasteiger partial charge in [-0.25, -0.2) is 9.37 Å². The highest BCUT2D eigenvalue weighted by Crippen LogP contribution is 2.40. The van der Waals surface area contributed by atoms with E-state index in [-0.39, 0.29) is 45.5 Å². The Kier molecular flexibility index (Phi) is 9.54. The molecule has 0 aliphatic rings. The van der Waals surface area contributed by atoms with E-state index in [4.69, 9.17) is 26.8 Å². The largest absolute Gasteiger partial charge is 0.493 e. The molecule has 2 aromatic carbocycles. The number of rotatable bonds is 10. The van der Waals surface area contributed by atoms with Gasteiger partial charge in [0.25, 0.3) is 5.91 Å². The molecule has 0 radical (unpaired) electrons. The van der Waals surface area contributed by atoms with Crippen molar-refractivity contribution in [3.63, 3.8) is 0 Å². The average molecular weight is 600 g/mol. The second kappa shape index (κ2) is 12.2. The van der Waals surface area contributed by atoms with Crippen LogP contribution < -0.4 is 20.5 Å². The highest BCUT2D eigenvalue weighted by Gasteiger charge is 2.56. The van der Waals surface area contributed by atoms with E-state index in [1.54, 1.807) is 13.8 Å². The van der Waals surface area contributed by atoms with E-state index in [0.717, 1.165) is 12.1 Å². The van der Waals surface area contributed by atoms with E-state index in [9.17, 15) is 32.6 Å². The number of nitrogens with one attached hydrogen (secondary N) is 1. The molecule has 0 aliphatic heterocycles. The van der Waals surface area contributed by atoms with Crippen LogP contribution in [0.5, 0.6) is 11.5 Å². The molecule has 41 heavy (non-hydrogen) atoms. The molecule has 0 saturated heterocycles. The van der Waals surface area contributed by atoms with Gasteiger partial charge in [-0.15, -0.1) is 0 Å². The highest BCUT2D eigenvalue weighted by atomic mass is 35.5.